The minimum atomic E-state index is 1.05. The van der Waals surface area contributed by atoms with Crippen molar-refractivity contribution in [2.75, 3.05) is 6.26 Å². The fraction of sp³-hybridized carbons (Fsp3) is 0.200. The van der Waals surface area contributed by atoms with Crippen molar-refractivity contribution in [3.05, 3.63) is 30.2 Å². The summed E-state index contributed by atoms with van der Waals surface area (Å²) in [5.41, 5.74) is 2.28. The SMILES string of the molecule is CSc1cnc(-c2cncc(C)c2)s1. The lowest BCUT2D eigenvalue weighted by atomic mass is 10.2. The Hall–Kier alpha value is -0.870. The minimum absolute atomic E-state index is 1.05. The van der Waals surface area contributed by atoms with Gasteiger partial charge in [-0.1, -0.05) is 0 Å². The molecule has 14 heavy (non-hydrogen) atoms. The highest BCUT2D eigenvalue weighted by molar-refractivity contribution is 8.00. The molecule has 0 spiro atoms. The van der Waals surface area contributed by atoms with E-state index in [9.17, 15) is 0 Å². The van der Waals surface area contributed by atoms with Crippen LogP contribution in [0, 0.1) is 6.92 Å². The zero-order valence-electron chi connectivity index (χ0n) is 8.02. The molecule has 72 valence electrons. The van der Waals surface area contributed by atoms with Gasteiger partial charge in [0.05, 0.1) is 10.4 Å². The highest BCUT2D eigenvalue weighted by Crippen LogP contribution is 2.29. The van der Waals surface area contributed by atoms with Gasteiger partial charge in [0, 0.05) is 18.0 Å². The van der Waals surface area contributed by atoms with Gasteiger partial charge in [-0.3, -0.25) is 4.98 Å². The maximum Gasteiger partial charge on any atom is 0.125 e. The molecule has 0 amide bonds. The molecule has 0 saturated carbocycles. The number of hydrogen-bond acceptors (Lipinski definition) is 4. The summed E-state index contributed by atoms with van der Waals surface area (Å²) in [4.78, 5) is 8.51. The van der Waals surface area contributed by atoms with Crippen molar-refractivity contribution < 1.29 is 0 Å². The second-order valence-electron chi connectivity index (χ2n) is 2.94. The van der Waals surface area contributed by atoms with E-state index in [2.05, 4.69) is 22.3 Å². The highest BCUT2D eigenvalue weighted by atomic mass is 32.2. The minimum Gasteiger partial charge on any atom is -0.264 e. The van der Waals surface area contributed by atoms with Gasteiger partial charge in [-0.25, -0.2) is 4.98 Å². The second-order valence-corrected chi connectivity index (χ2v) is 5.08. The molecule has 0 unspecified atom stereocenters. The molecule has 0 atom stereocenters. The zero-order valence-corrected chi connectivity index (χ0v) is 9.65. The van der Waals surface area contributed by atoms with Crippen molar-refractivity contribution in [1.82, 2.24) is 9.97 Å². The van der Waals surface area contributed by atoms with Gasteiger partial charge in [0.25, 0.3) is 0 Å². The normalized spacial score (nSPS) is 10.4. The summed E-state index contributed by atoms with van der Waals surface area (Å²) in [6.07, 6.45) is 7.68. The monoisotopic (exact) mass is 222 g/mol. The summed E-state index contributed by atoms with van der Waals surface area (Å²) in [6, 6.07) is 2.11. The lowest BCUT2D eigenvalue weighted by molar-refractivity contribution is 1.26. The smallest absolute Gasteiger partial charge is 0.125 e. The fourth-order valence-corrected chi connectivity index (χ4v) is 2.52. The number of hydrogen-bond donors (Lipinski definition) is 0. The molecular weight excluding hydrogens is 212 g/mol. The zero-order chi connectivity index (χ0) is 9.97. The van der Waals surface area contributed by atoms with Crippen LogP contribution in [-0.2, 0) is 0 Å². The van der Waals surface area contributed by atoms with Crippen LogP contribution in [0.15, 0.2) is 28.9 Å². The van der Waals surface area contributed by atoms with Crippen molar-refractivity contribution in [2.24, 2.45) is 0 Å². The van der Waals surface area contributed by atoms with E-state index in [0.29, 0.717) is 0 Å². The summed E-state index contributed by atoms with van der Waals surface area (Å²) in [7, 11) is 0. The Morgan fingerprint density at radius 3 is 2.79 bits per heavy atom. The molecule has 0 aliphatic heterocycles. The standard InChI is InChI=1S/C10H10N2S2/c1-7-3-8(5-11-4-7)10-12-6-9(13-2)14-10/h3-6H,1-2H3. The first-order valence-corrected chi connectivity index (χ1v) is 6.25. The second kappa shape index (κ2) is 4.11. The van der Waals surface area contributed by atoms with Gasteiger partial charge in [0.15, 0.2) is 0 Å². The Balaban J connectivity index is 2.39. The number of aromatic nitrogens is 2. The topological polar surface area (TPSA) is 25.8 Å². The van der Waals surface area contributed by atoms with Crippen LogP contribution in [0.1, 0.15) is 5.56 Å². The van der Waals surface area contributed by atoms with Crippen LogP contribution in [0.3, 0.4) is 0 Å². The molecule has 0 N–H and O–H groups in total. The molecule has 0 fully saturated rings. The Labute approximate surface area is 91.4 Å². The van der Waals surface area contributed by atoms with E-state index >= 15 is 0 Å². The van der Waals surface area contributed by atoms with E-state index in [4.69, 9.17) is 0 Å². The summed E-state index contributed by atoms with van der Waals surface area (Å²) in [6.45, 7) is 2.04. The third-order valence-electron chi connectivity index (χ3n) is 1.81. The predicted molar refractivity (Wildman–Crippen MR) is 61.9 cm³/mol. The van der Waals surface area contributed by atoms with Crippen molar-refractivity contribution in [2.45, 2.75) is 11.1 Å². The van der Waals surface area contributed by atoms with Crippen LogP contribution in [0.2, 0.25) is 0 Å². The Bertz CT molecular complexity index is 437. The third kappa shape index (κ3) is 1.96. The van der Waals surface area contributed by atoms with E-state index in [-0.39, 0.29) is 0 Å². The van der Waals surface area contributed by atoms with Gasteiger partial charge in [-0.15, -0.1) is 23.1 Å². The van der Waals surface area contributed by atoms with Crippen LogP contribution >= 0.6 is 23.1 Å². The lowest BCUT2D eigenvalue weighted by Crippen LogP contribution is -1.80. The van der Waals surface area contributed by atoms with Crippen LogP contribution < -0.4 is 0 Å². The Morgan fingerprint density at radius 2 is 2.14 bits per heavy atom. The molecule has 2 aromatic rings. The molecule has 2 nitrogen and oxygen atoms in total. The summed E-state index contributed by atoms with van der Waals surface area (Å²) in [5.74, 6) is 0. The van der Waals surface area contributed by atoms with Crippen molar-refractivity contribution in [3.63, 3.8) is 0 Å². The van der Waals surface area contributed by atoms with Crippen LogP contribution in [-0.4, -0.2) is 16.2 Å². The molecular formula is C10H10N2S2. The molecule has 0 radical (unpaired) electrons. The molecule has 0 aromatic carbocycles. The average Bonchev–Trinajstić information content (AvgIpc) is 2.66. The van der Waals surface area contributed by atoms with E-state index in [1.807, 2.05) is 25.5 Å². The first kappa shape index (κ1) is 9.68. The lowest BCUT2D eigenvalue weighted by Gasteiger charge is -1.95. The predicted octanol–water partition coefficient (Wildman–Crippen LogP) is 3.24. The van der Waals surface area contributed by atoms with E-state index in [1.165, 1.54) is 9.77 Å². The summed E-state index contributed by atoms with van der Waals surface area (Å²) < 4.78 is 1.24. The van der Waals surface area contributed by atoms with Gasteiger partial charge in [0.1, 0.15) is 5.01 Å². The van der Waals surface area contributed by atoms with Crippen molar-refractivity contribution in [3.8, 4) is 10.6 Å². The maximum atomic E-state index is 4.36. The molecule has 2 heterocycles. The molecule has 2 aromatic heterocycles. The molecule has 4 heteroatoms. The fourth-order valence-electron chi connectivity index (χ4n) is 1.16. The quantitative estimate of drug-likeness (QED) is 0.730. The van der Waals surface area contributed by atoms with Crippen LogP contribution in [0.25, 0.3) is 10.6 Å². The van der Waals surface area contributed by atoms with Crippen molar-refractivity contribution >= 4 is 23.1 Å². The van der Waals surface area contributed by atoms with E-state index in [0.717, 1.165) is 10.6 Å². The number of aryl methyl sites for hydroxylation is 1. The van der Waals surface area contributed by atoms with Crippen molar-refractivity contribution in [1.29, 1.82) is 0 Å². The highest BCUT2D eigenvalue weighted by Gasteiger charge is 2.03. The number of nitrogens with zero attached hydrogens (tertiary/aromatic N) is 2. The van der Waals surface area contributed by atoms with Gasteiger partial charge in [-0.05, 0) is 24.8 Å². The van der Waals surface area contributed by atoms with Crippen LogP contribution in [0.5, 0.6) is 0 Å². The van der Waals surface area contributed by atoms with Gasteiger partial charge in [-0.2, -0.15) is 0 Å². The van der Waals surface area contributed by atoms with E-state index in [1.54, 1.807) is 23.1 Å². The van der Waals surface area contributed by atoms with Gasteiger partial charge >= 0.3 is 0 Å². The molecule has 0 aliphatic carbocycles. The average molecular weight is 222 g/mol. The maximum absolute atomic E-state index is 4.36. The van der Waals surface area contributed by atoms with Gasteiger partial charge < -0.3 is 0 Å². The first-order valence-electron chi connectivity index (χ1n) is 4.21. The molecule has 0 aliphatic rings. The summed E-state index contributed by atoms with van der Waals surface area (Å²) >= 11 is 3.43. The number of thioether (sulfide) groups is 1. The van der Waals surface area contributed by atoms with E-state index < -0.39 is 0 Å². The third-order valence-corrected chi connectivity index (χ3v) is 3.91. The number of pyridine rings is 1. The largest absolute Gasteiger partial charge is 0.264 e. The Kier molecular flexibility index (Phi) is 2.84. The number of rotatable bonds is 2. The number of thiazole rings is 1. The molecule has 2 rings (SSSR count). The first-order chi connectivity index (χ1) is 6.79. The molecule has 0 bridgehead atoms. The summed E-state index contributed by atoms with van der Waals surface area (Å²) in [5, 5.41) is 1.05. The van der Waals surface area contributed by atoms with Gasteiger partial charge in [0.2, 0.25) is 0 Å². The van der Waals surface area contributed by atoms with Crippen LogP contribution in [0.4, 0.5) is 0 Å². The Morgan fingerprint density at radius 1 is 1.29 bits per heavy atom. The molecule has 0 saturated heterocycles.